The van der Waals surface area contributed by atoms with Crippen molar-refractivity contribution >= 4 is 5.91 Å². The molecule has 0 radical (unpaired) electrons. The molecule has 1 aromatic heterocycles. The Bertz CT molecular complexity index is 934. The molecular formula is C47H85N2O3+. The zero-order chi connectivity index (χ0) is 37.4. The number of hydrogen-bond donors (Lipinski definition) is 3. The quantitative estimate of drug-likeness (QED) is 0.0359. The molecule has 5 nitrogen and oxygen atoms in total. The third-order valence-corrected chi connectivity index (χ3v) is 10.5. The molecule has 5 heteroatoms. The van der Waals surface area contributed by atoms with E-state index in [9.17, 15) is 15.0 Å². The third-order valence-electron chi connectivity index (χ3n) is 10.5. The highest BCUT2D eigenvalue weighted by Crippen LogP contribution is 2.15. The lowest BCUT2D eigenvalue weighted by atomic mass is 10.0. The fourth-order valence-corrected chi connectivity index (χ4v) is 7.04. The van der Waals surface area contributed by atoms with Gasteiger partial charge in [0, 0.05) is 25.0 Å². The van der Waals surface area contributed by atoms with Crippen molar-refractivity contribution in [1.82, 2.24) is 5.32 Å². The van der Waals surface area contributed by atoms with E-state index in [4.69, 9.17) is 0 Å². The number of unbranched alkanes of at least 4 members (excludes halogenated alkanes) is 28. The maximum Gasteiger partial charge on any atom is 0.220 e. The molecular weight excluding hydrogens is 641 g/mol. The van der Waals surface area contributed by atoms with Crippen molar-refractivity contribution in [1.29, 1.82) is 0 Å². The number of rotatable bonds is 39. The van der Waals surface area contributed by atoms with E-state index in [-0.39, 0.29) is 12.5 Å². The molecule has 2 atom stereocenters. The number of allylic oxidation sites excluding steroid dienone is 3. The Morgan fingerprint density at radius 1 is 0.558 bits per heavy atom. The number of carbonyl (C=O) groups excluding carboxylic acids is 1. The van der Waals surface area contributed by atoms with Crippen molar-refractivity contribution in [3.05, 3.63) is 54.9 Å². The van der Waals surface area contributed by atoms with E-state index in [1.807, 2.05) is 6.08 Å². The molecule has 1 aromatic rings. The molecule has 52 heavy (non-hydrogen) atoms. The van der Waals surface area contributed by atoms with Gasteiger partial charge in [-0.3, -0.25) is 4.79 Å². The summed E-state index contributed by atoms with van der Waals surface area (Å²) in [4.78, 5) is 12.4. The van der Waals surface area contributed by atoms with Crippen LogP contribution in [0.5, 0.6) is 0 Å². The number of aromatic nitrogens is 1. The Morgan fingerprint density at radius 3 is 1.42 bits per heavy atom. The first-order valence-electron chi connectivity index (χ1n) is 22.5. The third kappa shape index (κ3) is 32.7. The molecule has 0 aliphatic rings. The Balaban J connectivity index is 1.83. The van der Waals surface area contributed by atoms with Gasteiger partial charge in [0.2, 0.25) is 5.91 Å². The van der Waals surface area contributed by atoms with Crippen molar-refractivity contribution < 1.29 is 19.6 Å². The summed E-state index contributed by atoms with van der Waals surface area (Å²) >= 11 is 0. The van der Waals surface area contributed by atoms with Crippen molar-refractivity contribution in [2.24, 2.45) is 0 Å². The van der Waals surface area contributed by atoms with Gasteiger partial charge in [0.1, 0.15) is 6.54 Å². The largest absolute Gasteiger partial charge is 0.394 e. The molecule has 1 heterocycles. The number of nitrogens with zero attached hydrogens (tertiary/aromatic N) is 1. The second kappa shape index (κ2) is 38.7. The highest BCUT2D eigenvalue weighted by atomic mass is 16.3. The van der Waals surface area contributed by atoms with Crippen LogP contribution in [0.3, 0.4) is 0 Å². The topological polar surface area (TPSA) is 73.4 Å². The molecule has 0 spiro atoms. The molecule has 3 N–H and O–H groups in total. The molecule has 0 aliphatic carbocycles. The molecule has 0 saturated heterocycles. The first-order valence-corrected chi connectivity index (χ1v) is 22.5. The minimum Gasteiger partial charge on any atom is -0.394 e. The summed E-state index contributed by atoms with van der Waals surface area (Å²) in [6.07, 6.45) is 52.4. The zero-order valence-corrected chi connectivity index (χ0v) is 34.1. The van der Waals surface area contributed by atoms with E-state index in [0.717, 1.165) is 32.2 Å². The predicted octanol–water partition coefficient (Wildman–Crippen LogP) is 12.4. The van der Waals surface area contributed by atoms with Crippen LogP contribution in [0.4, 0.5) is 0 Å². The molecule has 0 saturated carbocycles. The molecule has 1 amide bonds. The van der Waals surface area contributed by atoms with Crippen LogP contribution in [0.25, 0.3) is 0 Å². The van der Waals surface area contributed by atoms with Crippen LogP contribution in [0.1, 0.15) is 212 Å². The number of nitrogens with one attached hydrogen (secondary N) is 1. The second-order valence-corrected chi connectivity index (χ2v) is 15.5. The summed E-state index contributed by atoms with van der Waals surface area (Å²) in [6.45, 7) is 3.17. The van der Waals surface area contributed by atoms with Crippen LogP contribution in [0.15, 0.2) is 54.9 Å². The highest BCUT2D eigenvalue weighted by Gasteiger charge is 2.18. The van der Waals surface area contributed by atoms with Gasteiger partial charge in [-0.1, -0.05) is 179 Å². The average Bonchev–Trinajstić information content (AvgIpc) is 3.16. The number of aryl methyl sites for hydroxylation is 1. The van der Waals surface area contributed by atoms with Crippen molar-refractivity contribution in [2.45, 2.75) is 231 Å². The van der Waals surface area contributed by atoms with Crippen LogP contribution in [-0.4, -0.2) is 34.9 Å². The Kier molecular flexibility index (Phi) is 35.8. The van der Waals surface area contributed by atoms with E-state index in [1.54, 1.807) is 6.08 Å². The lowest BCUT2D eigenvalue weighted by molar-refractivity contribution is -0.697. The Morgan fingerprint density at radius 2 is 0.962 bits per heavy atom. The van der Waals surface area contributed by atoms with E-state index in [0.29, 0.717) is 6.42 Å². The van der Waals surface area contributed by atoms with Gasteiger partial charge in [-0.05, 0) is 51.4 Å². The second-order valence-electron chi connectivity index (χ2n) is 15.5. The van der Waals surface area contributed by atoms with Crippen LogP contribution in [0, 0.1) is 0 Å². The van der Waals surface area contributed by atoms with Gasteiger partial charge < -0.3 is 15.5 Å². The fraction of sp³-hybridized carbons (Fsp3) is 0.787. The van der Waals surface area contributed by atoms with Crippen LogP contribution in [-0.2, 0) is 11.3 Å². The number of pyridine rings is 1. The molecule has 0 unspecified atom stereocenters. The highest BCUT2D eigenvalue weighted by molar-refractivity contribution is 5.76. The lowest BCUT2D eigenvalue weighted by Crippen LogP contribution is -2.45. The number of aliphatic hydroxyl groups excluding tert-OH is 2. The normalized spacial score (nSPS) is 13.0. The van der Waals surface area contributed by atoms with Gasteiger partial charge in [0.05, 0.1) is 18.8 Å². The van der Waals surface area contributed by atoms with Crippen molar-refractivity contribution in [3.63, 3.8) is 0 Å². The van der Waals surface area contributed by atoms with E-state index in [2.05, 4.69) is 59.6 Å². The first kappa shape index (κ1) is 48.0. The molecule has 300 valence electrons. The minimum atomic E-state index is -0.839. The van der Waals surface area contributed by atoms with Gasteiger partial charge in [0.15, 0.2) is 12.4 Å². The summed E-state index contributed by atoms with van der Waals surface area (Å²) < 4.78 is 2.28. The SMILES string of the molecule is CCCCCCCCCCCCC/C=C/[C@@H](O)[C@H](CO)NC(=O)CCCCCCCCCCCCC/C=C\CCCCCCCC[n+]1ccccc1. The monoisotopic (exact) mass is 726 g/mol. The Hall–Kier alpha value is -1.98. The van der Waals surface area contributed by atoms with Gasteiger partial charge in [0.25, 0.3) is 0 Å². The molecule has 1 rings (SSSR count). The summed E-state index contributed by atoms with van der Waals surface area (Å²) in [5, 5.41) is 23.0. The van der Waals surface area contributed by atoms with E-state index in [1.165, 1.54) is 173 Å². The molecule has 0 fully saturated rings. The number of aliphatic hydroxyl groups is 2. The maximum atomic E-state index is 12.4. The van der Waals surface area contributed by atoms with E-state index >= 15 is 0 Å². The van der Waals surface area contributed by atoms with E-state index < -0.39 is 12.1 Å². The van der Waals surface area contributed by atoms with Crippen molar-refractivity contribution in [2.75, 3.05) is 6.61 Å². The zero-order valence-electron chi connectivity index (χ0n) is 34.1. The summed E-state index contributed by atoms with van der Waals surface area (Å²) in [5.41, 5.74) is 0. The lowest BCUT2D eigenvalue weighted by Gasteiger charge is -2.20. The standard InChI is InChI=1S/C47H84N2O3/c1-2-3-4-5-6-7-8-18-21-24-27-30-34-39-46(51)45(44-50)48-47(52)40-35-31-28-25-22-19-16-14-12-10-9-11-13-15-17-20-23-26-29-32-36-41-49-42-37-33-38-43-49/h13,15,33-34,37-39,42-43,45-46,50-51H,2-12,14,16-32,35-36,40-41,44H2,1H3/p+1/b15-13-,39-34+/t45-,46+/m0/s1. The van der Waals surface area contributed by atoms with Crippen LogP contribution in [0.2, 0.25) is 0 Å². The Labute approximate surface area is 322 Å². The summed E-state index contributed by atoms with van der Waals surface area (Å²) in [6, 6.07) is 5.67. The molecule has 0 aromatic carbocycles. The predicted molar refractivity (Wildman–Crippen MR) is 223 cm³/mol. The first-order chi connectivity index (χ1) is 25.7. The maximum absolute atomic E-state index is 12.4. The minimum absolute atomic E-state index is 0.0667. The molecule has 0 aliphatic heterocycles. The average molecular weight is 726 g/mol. The van der Waals surface area contributed by atoms with Gasteiger partial charge in [-0.25, -0.2) is 4.57 Å². The van der Waals surface area contributed by atoms with Crippen molar-refractivity contribution in [3.8, 4) is 0 Å². The van der Waals surface area contributed by atoms with Crippen LogP contribution < -0.4 is 9.88 Å². The van der Waals surface area contributed by atoms with Gasteiger partial charge in [-0.15, -0.1) is 0 Å². The van der Waals surface area contributed by atoms with Gasteiger partial charge in [-0.2, -0.15) is 0 Å². The van der Waals surface area contributed by atoms with Gasteiger partial charge >= 0.3 is 0 Å². The summed E-state index contributed by atoms with van der Waals surface area (Å²) in [5.74, 6) is -0.0667. The number of carbonyl (C=O) groups is 1. The smallest absolute Gasteiger partial charge is 0.220 e. The fourth-order valence-electron chi connectivity index (χ4n) is 7.04. The number of amides is 1. The molecule has 0 bridgehead atoms. The van der Waals surface area contributed by atoms with Crippen LogP contribution >= 0.6 is 0 Å². The summed E-state index contributed by atoms with van der Waals surface area (Å²) in [7, 11) is 0. The number of hydrogen-bond acceptors (Lipinski definition) is 3.